The zero-order valence-electron chi connectivity index (χ0n) is 18.4. The smallest absolute Gasteiger partial charge is 0.222 e. The van der Waals surface area contributed by atoms with Crippen molar-refractivity contribution in [2.45, 2.75) is 31.2 Å². The Kier molecular flexibility index (Phi) is 6.80. The largest absolute Gasteiger partial charge is 0.496 e. The van der Waals surface area contributed by atoms with Gasteiger partial charge in [0.15, 0.2) is 5.13 Å². The molecule has 0 aliphatic heterocycles. The van der Waals surface area contributed by atoms with Crippen LogP contribution in [0.2, 0.25) is 0 Å². The minimum Gasteiger partial charge on any atom is -0.496 e. The summed E-state index contributed by atoms with van der Waals surface area (Å²) in [6, 6.07) is 15.2. The Morgan fingerprint density at radius 2 is 1.85 bits per heavy atom. The lowest BCUT2D eigenvalue weighted by molar-refractivity contribution is 0.416. The van der Waals surface area contributed by atoms with Crippen LogP contribution in [0, 0.1) is 0 Å². The van der Waals surface area contributed by atoms with Gasteiger partial charge in [0.1, 0.15) is 5.75 Å². The van der Waals surface area contributed by atoms with E-state index in [2.05, 4.69) is 15.4 Å². The summed E-state index contributed by atoms with van der Waals surface area (Å²) in [5, 5.41) is 9.77. The van der Waals surface area contributed by atoms with E-state index in [0.717, 1.165) is 33.4 Å². The van der Waals surface area contributed by atoms with Gasteiger partial charge in [-0.1, -0.05) is 24.3 Å². The summed E-state index contributed by atoms with van der Waals surface area (Å²) in [5.41, 5.74) is 4.45. The van der Waals surface area contributed by atoms with Crippen LogP contribution < -0.4 is 14.8 Å². The van der Waals surface area contributed by atoms with Gasteiger partial charge in [0.05, 0.1) is 29.5 Å². The summed E-state index contributed by atoms with van der Waals surface area (Å²) >= 11 is 3.28. The van der Waals surface area contributed by atoms with Crippen LogP contribution in [0.4, 0.5) is 10.8 Å². The molecule has 0 spiro atoms. The molecule has 4 aromatic rings. The van der Waals surface area contributed by atoms with Crippen LogP contribution >= 0.6 is 22.7 Å². The minimum absolute atomic E-state index is 0.0598. The maximum absolute atomic E-state index is 10.9. The molecule has 1 atom stereocenters. The lowest BCUT2D eigenvalue weighted by Gasteiger charge is -2.17. The highest BCUT2D eigenvalue weighted by Gasteiger charge is 2.28. The molecule has 34 heavy (non-hydrogen) atoms. The van der Waals surface area contributed by atoms with Gasteiger partial charge in [0, 0.05) is 27.9 Å². The molecular weight excluding hydrogens is 488 g/mol. The maximum Gasteiger partial charge on any atom is 0.222 e. The molecule has 0 bridgehead atoms. The van der Waals surface area contributed by atoms with Crippen LogP contribution in [0.15, 0.2) is 59.3 Å². The second-order valence-corrected chi connectivity index (χ2v) is 10.6. The molecule has 10 heteroatoms. The number of thiazole rings is 2. The number of anilines is 2. The third kappa shape index (κ3) is 5.40. The molecule has 0 radical (unpaired) electrons. The second-order valence-electron chi connectivity index (χ2n) is 8.09. The van der Waals surface area contributed by atoms with Crippen molar-refractivity contribution in [1.29, 1.82) is 0 Å². The van der Waals surface area contributed by atoms with Crippen LogP contribution in [-0.4, -0.2) is 25.5 Å². The molecular formula is C24H24N4O3S3. The zero-order valence-corrected chi connectivity index (χ0v) is 21.0. The first kappa shape index (κ1) is 22.8. The average Bonchev–Trinajstić information content (AvgIpc) is 3.38. The Labute approximate surface area is 208 Å². The van der Waals surface area contributed by atoms with Gasteiger partial charge in [-0.15, -0.1) is 22.7 Å². The monoisotopic (exact) mass is 512 g/mol. The molecule has 2 aromatic carbocycles. The Morgan fingerprint density at radius 1 is 1.06 bits per heavy atom. The fraction of sp³-hybridized carbons (Fsp3) is 0.250. The number of benzene rings is 2. The van der Waals surface area contributed by atoms with Gasteiger partial charge in [-0.2, -0.15) is 0 Å². The molecule has 1 saturated carbocycles. The Hall–Kier alpha value is -2.95. The van der Waals surface area contributed by atoms with Crippen LogP contribution in [0.25, 0.3) is 11.3 Å². The maximum atomic E-state index is 10.9. The van der Waals surface area contributed by atoms with E-state index in [9.17, 15) is 8.42 Å². The molecule has 1 aliphatic carbocycles. The van der Waals surface area contributed by atoms with Crippen molar-refractivity contribution < 1.29 is 13.2 Å². The van der Waals surface area contributed by atoms with E-state index in [1.807, 2.05) is 41.8 Å². The molecule has 5 rings (SSSR count). The summed E-state index contributed by atoms with van der Waals surface area (Å²) < 4.78 is 29.8. The van der Waals surface area contributed by atoms with Crippen molar-refractivity contribution in [2.24, 2.45) is 0 Å². The van der Waals surface area contributed by atoms with Crippen LogP contribution in [0.1, 0.15) is 41.1 Å². The van der Waals surface area contributed by atoms with Gasteiger partial charge in [-0.3, -0.25) is 4.72 Å². The van der Waals surface area contributed by atoms with Gasteiger partial charge >= 0.3 is 0 Å². The van der Waals surface area contributed by atoms with E-state index in [1.165, 1.54) is 17.8 Å². The number of methoxy groups -OCH3 is 1. The van der Waals surface area contributed by atoms with Gasteiger partial charge < -0.3 is 10.1 Å². The molecule has 1 fully saturated rings. The van der Waals surface area contributed by atoms with Gasteiger partial charge in [-0.25, -0.2) is 18.4 Å². The van der Waals surface area contributed by atoms with Crippen molar-refractivity contribution in [2.75, 3.05) is 17.1 Å². The summed E-state index contributed by atoms with van der Waals surface area (Å²) in [4.78, 5) is 9.76. The van der Waals surface area contributed by atoms with Gasteiger partial charge in [0.2, 0.25) is 10.9 Å². The first-order chi connectivity index (χ1) is 16.6. The first-order valence-electron chi connectivity index (χ1n) is 10.9. The fourth-order valence-electron chi connectivity index (χ4n) is 3.73. The number of hydrogen-bond acceptors (Lipinski definition) is 8. The molecule has 7 nitrogen and oxygen atoms in total. The highest BCUT2D eigenvalue weighted by atomic mass is 32.2. The molecule has 2 N–H and O–H groups in total. The highest BCUT2D eigenvalue weighted by molar-refractivity contribution is 7.73. The van der Waals surface area contributed by atoms with Crippen LogP contribution in [0.3, 0.4) is 0 Å². The number of para-hydroxylation sites is 1. The van der Waals surface area contributed by atoms with Crippen molar-refractivity contribution in [3.63, 3.8) is 0 Å². The second kappa shape index (κ2) is 10.1. The third-order valence-corrected chi connectivity index (χ3v) is 7.86. The molecule has 0 amide bonds. The third-order valence-electron chi connectivity index (χ3n) is 5.62. The first-order valence-corrected chi connectivity index (χ1v) is 13.8. The molecule has 0 saturated heterocycles. The number of hydrogen-bond donors (Lipinski definition) is 3. The quantitative estimate of drug-likeness (QED) is 0.244. The fourth-order valence-corrected chi connectivity index (χ4v) is 5.90. The van der Waals surface area contributed by atoms with Gasteiger partial charge in [0.25, 0.3) is 0 Å². The number of thiol groups is 1. The van der Waals surface area contributed by atoms with E-state index in [1.54, 1.807) is 41.9 Å². The topological polar surface area (TPSA) is 93.2 Å². The van der Waals surface area contributed by atoms with Crippen molar-refractivity contribution in [1.82, 2.24) is 9.97 Å². The molecule has 1 aliphatic rings. The van der Waals surface area contributed by atoms with E-state index in [0.29, 0.717) is 18.0 Å². The van der Waals surface area contributed by atoms with Crippen molar-refractivity contribution >= 4 is 44.4 Å². The lowest BCUT2D eigenvalue weighted by atomic mass is 10.0. The zero-order chi connectivity index (χ0) is 23.5. The standard InChI is InChI=1S/C24H24N4O3S3/c1-31-22-5-3-2-4-18(22)20-13-33-24(27-20)26-19(21-14-32-23(25-21)16-8-9-16)12-15-6-10-17(11-7-15)28-34(29)30/h2-7,10-11,13-14,16,19,34H,8-9,12H2,1H3,(H,26,27)(H,28,29,30)/t19-/m0/s1. The number of rotatable bonds is 10. The molecule has 2 aromatic heterocycles. The Balaban J connectivity index is 1.39. The summed E-state index contributed by atoms with van der Waals surface area (Å²) in [7, 11) is -1.01. The van der Waals surface area contributed by atoms with Crippen LogP contribution in [-0.2, 0) is 17.3 Å². The Morgan fingerprint density at radius 3 is 2.59 bits per heavy atom. The number of nitrogens with zero attached hydrogens (tertiary/aromatic N) is 2. The SMILES string of the molecule is COc1ccccc1-c1csc(N[C@@H](Cc2ccc(N[SH](=O)=O)cc2)c2csc(C3CC3)n2)n1. The number of aromatic nitrogens is 2. The summed E-state index contributed by atoms with van der Waals surface area (Å²) in [6.45, 7) is 0. The van der Waals surface area contributed by atoms with Crippen molar-refractivity contribution in [3.8, 4) is 17.0 Å². The predicted molar refractivity (Wildman–Crippen MR) is 139 cm³/mol. The number of ether oxygens (including phenoxy) is 1. The molecule has 176 valence electrons. The van der Waals surface area contributed by atoms with Crippen LogP contribution in [0.5, 0.6) is 5.75 Å². The van der Waals surface area contributed by atoms with E-state index in [-0.39, 0.29) is 6.04 Å². The van der Waals surface area contributed by atoms with E-state index in [4.69, 9.17) is 14.7 Å². The minimum atomic E-state index is -2.68. The normalized spacial score (nSPS) is 14.2. The molecule has 2 heterocycles. The molecule has 0 unspecified atom stereocenters. The lowest BCUT2D eigenvalue weighted by Crippen LogP contribution is -2.14. The summed E-state index contributed by atoms with van der Waals surface area (Å²) in [5.74, 6) is 1.40. The van der Waals surface area contributed by atoms with E-state index >= 15 is 0 Å². The predicted octanol–water partition coefficient (Wildman–Crippen LogP) is 5.49. The Bertz CT molecular complexity index is 1340. The highest BCUT2D eigenvalue weighted by Crippen LogP contribution is 2.42. The number of nitrogens with one attached hydrogen (secondary N) is 2. The van der Waals surface area contributed by atoms with E-state index < -0.39 is 10.9 Å². The summed E-state index contributed by atoms with van der Waals surface area (Å²) in [6.07, 6.45) is 3.13. The van der Waals surface area contributed by atoms with Crippen molar-refractivity contribution in [3.05, 3.63) is 75.6 Å². The van der Waals surface area contributed by atoms with Gasteiger partial charge in [-0.05, 0) is 49.1 Å². The average molecular weight is 513 g/mol.